The highest BCUT2D eigenvalue weighted by molar-refractivity contribution is 5.35. The van der Waals surface area contributed by atoms with Crippen molar-refractivity contribution in [3.63, 3.8) is 0 Å². The lowest BCUT2D eigenvalue weighted by atomic mass is 10.1. The molecule has 0 spiro atoms. The van der Waals surface area contributed by atoms with Gasteiger partial charge < -0.3 is 19.5 Å². The number of rotatable bonds is 6. The average Bonchev–Trinajstić information content (AvgIpc) is 2.48. The van der Waals surface area contributed by atoms with Gasteiger partial charge in [-0.05, 0) is 26.0 Å². The fraction of sp³-hybridized carbons (Fsp3) is 0.600. The van der Waals surface area contributed by atoms with Crippen LogP contribution in [0.1, 0.15) is 24.5 Å². The predicted octanol–water partition coefficient (Wildman–Crippen LogP) is 2.15. The average molecular weight is 265 g/mol. The van der Waals surface area contributed by atoms with Crippen molar-refractivity contribution in [2.75, 3.05) is 33.9 Å². The van der Waals surface area contributed by atoms with E-state index in [9.17, 15) is 0 Å². The summed E-state index contributed by atoms with van der Waals surface area (Å²) in [6.07, 6.45) is 2.23. The molecular formula is C15H23NO3. The first-order valence-electron chi connectivity index (χ1n) is 6.86. The van der Waals surface area contributed by atoms with Gasteiger partial charge in [-0.15, -0.1) is 0 Å². The van der Waals surface area contributed by atoms with Crippen molar-refractivity contribution in [1.29, 1.82) is 0 Å². The van der Waals surface area contributed by atoms with Crippen molar-refractivity contribution >= 4 is 0 Å². The van der Waals surface area contributed by atoms with E-state index in [1.807, 2.05) is 25.2 Å². The van der Waals surface area contributed by atoms with Gasteiger partial charge >= 0.3 is 0 Å². The van der Waals surface area contributed by atoms with E-state index in [0.29, 0.717) is 0 Å². The molecule has 2 rings (SSSR count). The number of hydrogen-bond acceptors (Lipinski definition) is 4. The van der Waals surface area contributed by atoms with Crippen molar-refractivity contribution in [3.05, 3.63) is 29.8 Å². The minimum atomic E-state index is 0.0178. The van der Waals surface area contributed by atoms with Gasteiger partial charge in [-0.2, -0.15) is 0 Å². The van der Waals surface area contributed by atoms with Crippen molar-refractivity contribution in [2.45, 2.75) is 25.0 Å². The molecule has 1 aliphatic rings. The molecular weight excluding hydrogens is 242 g/mol. The Kier molecular flexibility index (Phi) is 5.63. The van der Waals surface area contributed by atoms with Crippen LogP contribution in [-0.2, 0) is 9.47 Å². The van der Waals surface area contributed by atoms with Crippen LogP contribution in [0.2, 0.25) is 0 Å². The zero-order chi connectivity index (χ0) is 13.5. The van der Waals surface area contributed by atoms with Crippen molar-refractivity contribution < 1.29 is 14.2 Å². The molecule has 0 saturated carbocycles. The Morgan fingerprint density at radius 3 is 2.74 bits per heavy atom. The monoisotopic (exact) mass is 265 g/mol. The molecule has 1 N–H and O–H groups in total. The summed E-state index contributed by atoms with van der Waals surface area (Å²) in [6.45, 7) is 2.36. The van der Waals surface area contributed by atoms with E-state index in [-0.39, 0.29) is 12.2 Å². The van der Waals surface area contributed by atoms with Crippen molar-refractivity contribution in [1.82, 2.24) is 5.32 Å². The van der Waals surface area contributed by atoms with E-state index < -0.39 is 0 Å². The lowest BCUT2D eigenvalue weighted by Gasteiger charge is -2.28. The number of likely N-dealkylation sites (N-methyl/N-ethyl adjacent to an activating group) is 1. The maximum Gasteiger partial charge on any atom is 0.124 e. The zero-order valence-electron chi connectivity index (χ0n) is 11.7. The number of methoxy groups -OCH3 is 1. The Morgan fingerprint density at radius 1 is 1.32 bits per heavy atom. The highest BCUT2D eigenvalue weighted by Crippen LogP contribution is 2.29. The Hall–Kier alpha value is -1.10. The van der Waals surface area contributed by atoms with Gasteiger partial charge in [0.25, 0.3) is 0 Å². The van der Waals surface area contributed by atoms with Crippen LogP contribution in [0.5, 0.6) is 5.75 Å². The lowest BCUT2D eigenvalue weighted by molar-refractivity contribution is -0.0689. The topological polar surface area (TPSA) is 39.7 Å². The Bertz CT molecular complexity index is 377. The summed E-state index contributed by atoms with van der Waals surface area (Å²) in [7, 11) is 3.64. The van der Waals surface area contributed by atoms with Gasteiger partial charge in [0.15, 0.2) is 0 Å². The van der Waals surface area contributed by atoms with E-state index in [4.69, 9.17) is 14.2 Å². The maximum atomic E-state index is 6.24. The van der Waals surface area contributed by atoms with Crippen LogP contribution in [-0.4, -0.2) is 40.0 Å². The summed E-state index contributed by atoms with van der Waals surface area (Å²) in [5, 5.41) is 3.20. The Labute approximate surface area is 115 Å². The third-order valence-electron chi connectivity index (χ3n) is 3.40. The second kappa shape index (κ2) is 7.48. The first kappa shape index (κ1) is 14.3. The molecule has 0 bridgehead atoms. The lowest BCUT2D eigenvalue weighted by Crippen LogP contribution is -2.29. The molecule has 0 amide bonds. The van der Waals surface area contributed by atoms with Gasteiger partial charge in [-0.1, -0.05) is 18.2 Å². The van der Waals surface area contributed by atoms with Crippen LogP contribution in [0.15, 0.2) is 24.3 Å². The fourth-order valence-electron chi connectivity index (χ4n) is 2.39. The van der Waals surface area contributed by atoms with Gasteiger partial charge in [0, 0.05) is 25.3 Å². The molecule has 1 heterocycles. The molecule has 4 nitrogen and oxygen atoms in total. The van der Waals surface area contributed by atoms with Gasteiger partial charge in [0.2, 0.25) is 0 Å². The standard InChI is InChI=1S/C15H23NO3/c1-16-11-15(19-12-7-9-18-10-8-12)13-5-3-4-6-14(13)17-2/h3-6,12,15-16H,7-11H2,1-2H3. The summed E-state index contributed by atoms with van der Waals surface area (Å²) in [5.74, 6) is 0.884. The molecule has 0 aromatic heterocycles. The highest BCUT2D eigenvalue weighted by Gasteiger charge is 2.22. The third-order valence-corrected chi connectivity index (χ3v) is 3.40. The van der Waals surface area contributed by atoms with E-state index in [0.717, 1.165) is 43.9 Å². The minimum absolute atomic E-state index is 0.0178. The van der Waals surface area contributed by atoms with Crippen LogP contribution < -0.4 is 10.1 Å². The number of ether oxygens (including phenoxy) is 3. The van der Waals surface area contributed by atoms with E-state index >= 15 is 0 Å². The fourth-order valence-corrected chi connectivity index (χ4v) is 2.39. The van der Waals surface area contributed by atoms with Gasteiger partial charge in [-0.3, -0.25) is 0 Å². The molecule has 1 atom stereocenters. The quantitative estimate of drug-likeness (QED) is 0.855. The molecule has 19 heavy (non-hydrogen) atoms. The highest BCUT2D eigenvalue weighted by atomic mass is 16.5. The SMILES string of the molecule is CNCC(OC1CCOCC1)c1ccccc1OC. The Morgan fingerprint density at radius 2 is 2.05 bits per heavy atom. The normalized spacial score (nSPS) is 18.2. The summed E-state index contributed by atoms with van der Waals surface area (Å²) < 4.78 is 17.0. The van der Waals surface area contributed by atoms with Crippen molar-refractivity contribution in [2.24, 2.45) is 0 Å². The Balaban J connectivity index is 2.09. The van der Waals surface area contributed by atoms with Gasteiger partial charge in [0.1, 0.15) is 5.75 Å². The molecule has 1 saturated heterocycles. The molecule has 0 radical (unpaired) electrons. The van der Waals surface area contributed by atoms with Gasteiger partial charge in [0.05, 0.1) is 19.3 Å². The second-order valence-electron chi connectivity index (χ2n) is 4.74. The maximum absolute atomic E-state index is 6.24. The number of nitrogens with one attached hydrogen (secondary N) is 1. The van der Waals surface area contributed by atoms with Gasteiger partial charge in [-0.25, -0.2) is 0 Å². The summed E-state index contributed by atoms with van der Waals surface area (Å²) in [6, 6.07) is 8.05. The van der Waals surface area contributed by atoms with E-state index in [1.54, 1.807) is 7.11 Å². The van der Waals surface area contributed by atoms with Crippen LogP contribution in [0.3, 0.4) is 0 Å². The summed E-state index contributed by atoms with van der Waals surface area (Å²) >= 11 is 0. The first-order chi connectivity index (χ1) is 9.35. The smallest absolute Gasteiger partial charge is 0.124 e. The third kappa shape index (κ3) is 3.93. The first-order valence-corrected chi connectivity index (χ1v) is 6.86. The van der Waals surface area contributed by atoms with Crippen LogP contribution in [0.4, 0.5) is 0 Å². The number of hydrogen-bond donors (Lipinski definition) is 1. The molecule has 1 aromatic carbocycles. The molecule has 1 unspecified atom stereocenters. The second-order valence-corrected chi connectivity index (χ2v) is 4.74. The largest absolute Gasteiger partial charge is 0.496 e. The van der Waals surface area contributed by atoms with E-state index in [2.05, 4.69) is 11.4 Å². The predicted molar refractivity (Wildman–Crippen MR) is 74.6 cm³/mol. The molecule has 0 aliphatic carbocycles. The van der Waals surface area contributed by atoms with E-state index in [1.165, 1.54) is 0 Å². The zero-order valence-corrected chi connectivity index (χ0v) is 11.7. The van der Waals surface area contributed by atoms with Crippen molar-refractivity contribution in [3.8, 4) is 5.75 Å². The minimum Gasteiger partial charge on any atom is -0.496 e. The molecule has 1 fully saturated rings. The molecule has 1 aromatic rings. The number of benzene rings is 1. The summed E-state index contributed by atoms with van der Waals surface area (Å²) in [5.41, 5.74) is 1.10. The van der Waals surface area contributed by atoms with Crippen LogP contribution in [0.25, 0.3) is 0 Å². The van der Waals surface area contributed by atoms with Crippen LogP contribution in [0, 0.1) is 0 Å². The molecule has 106 valence electrons. The summed E-state index contributed by atoms with van der Waals surface area (Å²) in [4.78, 5) is 0. The molecule has 1 aliphatic heterocycles. The number of para-hydroxylation sites is 1. The molecule has 4 heteroatoms. The van der Waals surface area contributed by atoms with Crippen LogP contribution >= 0.6 is 0 Å².